The van der Waals surface area contributed by atoms with Crippen molar-refractivity contribution in [2.24, 2.45) is 44.3 Å². The minimum atomic E-state index is -0.731. The van der Waals surface area contributed by atoms with E-state index in [1.54, 1.807) is 0 Å². The summed E-state index contributed by atoms with van der Waals surface area (Å²) in [6.45, 7) is 27.0. The first-order chi connectivity index (χ1) is 31.8. The number of carbonyl (C=O) groups excluding carboxylic acids is 3. The fourth-order valence-corrected chi connectivity index (χ4v) is 14.6. The molecule has 12 heteroatoms. The molecule has 2 aromatic carbocycles. The van der Waals surface area contributed by atoms with Gasteiger partial charge in [-0.1, -0.05) is 131 Å². The number of halogens is 2. The van der Waals surface area contributed by atoms with Crippen LogP contribution in [0.3, 0.4) is 0 Å². The predicted octanol–water partition coefficient (Wildman–Crippen LogP) is 13.1. The Kier molecular flexibility index (Phi) is 11.4. The van der Waals surface area contributed by atoms with Gasteiger partial charge in [0.25, 0.3) is 0 Å². The number of nitrogens with one attached hydrogen (secondary N) is 2. The Morgan fingerprint density at radius 2 is 1.01 bits per heavy atom. The smallest absolute Gasteiger partial charge is 0.322 e. The third kappa shape index (κ3) is 7.76. The van der Waals surface area contributed by atoms with Gasteiger partial charge in [-0.2, -0.15) is 0 Å². The van der Waals surface area contributed by atoms with Crippen LogP contribution in [-0.4, -0.2) is 57.1 Å². The van der Waals surface area contributed by atoms with Crippen LogP contribution in [0, 0.1) is 44.3 Å². The molecule has 8 aliphatic carbocycles. The number of fused-ring (bicyclic) bond motifs is 2. The van der Waals surface area contributed by atoms with Crippen LogP contribution in [0.4, 0.5) is 9.59 Å². The highest BCUT2D eigenvalue weighted by molar-refractivity contribution is 6.31. The zero-order valence-electron chi connectivity index (χ0n) is 43.4. The Balaban J connectivity index is 0.000000172. The van der Waals surface area contributed by atoms with Crippen molar-refractivity contribution >= 4 is 47.2 Å². The zero-order chi connectivity index (χ0) is 50.5. The van der Waals surface area contributed by atoms with Crippen LogP contribution in [0.5, 0.6) is 0 Å². The quantitative estimate of drug-likeness (QED) is 0.203. The number of aliphatic carboxylic acids is 1. The number of hydrogen-bond acceptors (Lipinski definition) is 5. The normalized spacial score (nSPS) is 35.2. The van der Waals surface area contributed by atoms with Gasteiger partial charge in [0.05, 0.1) is 40.1 Å². The number of aryl methyl sites for hydroxylation is 2. The van der Waals surface area contributed by atoms with Crippen LogP contribution in [0.1, 0.15) is 170 Å². The molecule has 10 aliphatic rings. The molecule has 12 rings (SSSR count). The van der Waals surface area contributed by atoms with E-state index < -0.39 is 22.5 Å². The maximum absolute atomic E-state index is 13.6. The van der Waals surface area contributed by atoms with Gasteiger partial charge in [-0.3, -0.25) is 19.4 Å². The Bertz CT molecular complexity index is 2560. The maximum Gasteiger partial charge on any atom is 0.322 e. The molecule has 2 aromatic rings. The molecule has 0 radical (unpaired) electrons. The Hall–Kier alpha value is -4.02. The summed E-state index contributed by atoms with van der Waals surface area (Å²) in [6, 6.07) is 12.5. The molecule has 0 saturated heterocycles. The monoisotopic (exact) mass is 983 g/mol. The Morgan fingerprint density at radius 3 is 1.33 bits per heavy atom. The van der Waals surface area contributed by atoms with Crippen molar-refractivity contribution in [2.45, 2.75) is 182 Å². The largest absolute Gasteiger partial charge is 0.481 e. The summed E-state index contributed by atoms with van der Waals surface area (Å²) in [5, 5.41) is 17.9. The van der Waals surface area contributed by atoms with Gasteiger partial charge in [-0.05, 0) is 156 Å². The van der Waals surface area contributed by atoms with Gasteiger partial charge in [-0.15, -0.1) is 0 Å². The van der Waals surface area contributed by atoms with Gasteiger partial charge in [0.2, 0.25) is 0 Å². The highest BCUT2D eigenvalue weighted by Gasteiger charge is 2.77. The lowest BCUT2D eigenvalue weighted by Crippen LogP contribution is -2.78. The molecule has 374 valence electrons. The zero-order valence-corrected chi connectivity index (χ0v) is 44.9. The van der Waals surface area contributed by atoms with E-state index in [0.29, 0.717) is 38.5 Å². The number of nitrogens with zero attached hydrogens (tertiary/aromatic N) is 2. The van der Waals surface area contributed by atoms with Crippen molar-refractivity contribution in [2.75, 3.05) is 7.11 Å². The van der Waals surface area contributed by atoms with Gasteiger partial charge in [0.1, 0.15) is 0 Å². The fraction of sp³-hybridized carbons (Fsp3) is 0.649. The SMILES string of the molecule is CC1C2=CN(C34CC(C(=O)O)(C3)C4)C(=O)NC2(c2ccc(CCC(C)(C)C)c(Cl)c2)CC1(C)C.COC(=O)C12CC(N3C=C4C(C)C(C)(C)CC4(c4ccc(CCC(C)(C)C)c(Cl)c4)NC3=O)(C1)C2. The van der Waals surface area contributed by atoms with Crippen LogP contribution in [0.25, 0.3) is 0 Å². The van der Waals surface area contributed by atoms with Crippen LogP contribution >= 0.6 is 23.2 Å². The minimum Gasteiger partial charge on any atom is -0.481 e. The summed E-state index contributed by atoms with van der Waals surface area (Å²) in [4.78, 5) is 54.7. The molecule has 4 amide bonds. The van der Waals surface area contributed by atoms with Gasteiger partial charge >= 0.3 is 24.0 Å². The van der Waals surface area contributed by atoms with Crippen molar-refractivity contribution in [1.82, 2.24) is 20.4 Å². The highest BCUT2D eigenvalue weighted by atomic mass is 35.5. The molecule has 4 bridgehead atoms. The molecular formula is C57H76Cl2N4O6. The summed E-state index contributed by atoms with van der Waals surface area (Å²) in [5.74, 6) is -0.330. The number of benzene rings is 2. The molecule has 10 nitrogen and oxygen atoms in total. The van der Waals surface area contributed by atoms with E-state index in [1.807, 2.05) is 9.80 Å². The average molecular weight is 984 g/mol. The number of hydrogen-bond donors (Lipinski definition) is 3. The van der Waals surface area contributed by atoms with Crippen LogP contribution in [-0.2, 0) is 38.2 Å². The number of methoxy groups -OCH3 is 1. The molecule has 4 atom stereocenters. The van der Waals surface area contributed by atoms with E-state index in [4.69, 9.17) is 27.9 Å². The third-order valence-corrected chi connectivity index (χ3v) is 19.5. The second kappa shape index (κ2) is 15.7. The van der Waals surface area contributed by atoms with Gasteiger partial charge in [-0.25, -0.2) is 9.59 Å². The molecule has 69 heavy (non-hydrogen) atoms. The topological polar surface area (TPSA) is 128 Å². The lowest BCUT2D eigenvalue weighted by molar-refractivity contribution is -0.218. The van der Waals surface area contributed by atoms with Crippen molar-refractivity contribution in [3.63, 3.8) is 0 Å². The first-order valence-electron chi connectivity index (χ1n) is 25.4. The molecule has 8 fully saturated rings. The van der Waals surface area contributed by atoms with Gasteiger partial charge in [0.15, 0.2) is 0 Å². The molecule has 4 unspecified atom stereocenters. The number of esters is 1. The van der Waals surface area contributed by atoms with Crippen LogP contribution in [0.2, 0.25) is 10.0 Å². The van der Waals surface area contributed by atoms with Crippen molar-refractivity contribution < 1.29 is 29.0 Å². The van der Waals surface area contributed by atoms with Crippen molar-refractivity contribution in [1.29, 1.82) is 0 Å². The van der Waals surface area contributed by atoms with E-state index in [9.17, 15) is 24.3 Å². The predicted molar refractivity (Wildman–Crippen MR) is 272 cm³/mol. The van der Waals surface area contributed by atoms with Gasteiger partial charge < -0.3 is 20.5 Å². The number of carboxylic acids is 1. The van der Waals surface area contributed by atoms with Crippen LogP contribution < -0.4 is 10.6 Å². The van der Waals surface area contributed by atoms with E-state index in [0.717, 1.165) is 70.8 Å². The summed E-state index contributed by atoms with van der Waals surface area (Å²) >= 11 is 13.6. The number of ether oxygens (including phenoxy) is 1. The first-order valence-corrected chi connectivity index (χ1v) is 26.1. The number of carboxylic acid groups (broad SMARTS) is 1. The second-order valence-corrected chi connectivity index (χ2v) is 27.8. The van der Waals surface area contributed by atoms with Crippen LogP contribution in [0.15, 0.2) is 59.9 Å². The fourth-order valence-electron chi connectivity index (χ4n) is 14.1. The van der Waals surface area contributed by atoms with E-state index in [1.165, 1.54) is 18.3 Å². The third-order valence-electron chi connectivity index (χ3n) is 18.8. The average Bonchev–Trinajstić information content (AvgIpc) is 3.51. The summed E-state index contributed by atoms with van der Waals surface area (Å²) in [5.41, 5.74) is 4.55. The number of urea groups is 2. The standard InChI is InChI=1S/C29H39ClN2O3.C28H37ClN2O3/c1-18-21-13-32(28-15-27(16-28,17-28)23(33)35-7)24(34)31-29(21,14-26(18,5)6)20-9-8-19(22(30)12-20)10-11-25(2,3)4;1-17-20-12-31(27-14-26(15-27,16-27)22(32)33)23(34)30-28(20,13-25(17,5)6)19-8-7-18(21(29)11-19)9-10-24(2,3)4/h8-9,12-13,18H,10-11,14-17H2,1-7H3,(H,31,34);7-8,11-12,17H,9-10,13-16H2,1-6H3,(H,30,34)(H,32,33). The second-order valence-electron chi connectivity index (χ2n) is 27.0. The van der Waals surface area contributed by atoms with Gasteiger partial charge in [0, 0.05) is 22.4 Å². The molecule has 0 aromatic heterocycles. The minimum absolute atomic E-state index is 0.00573. The lowest BCUT2D eigenvalue weighted by atomic mass is 9.38. The highest BCUT2D eigenvalue weighted by Crippen LogP contribution is 2.72. The summed E-state index contributed by atoms with van der Waals surface area (Å²) in [7, 11) is 1.45. The Morgan fingerprint density at radius 1 is 0.652 bits per heavy atom. The molecule has 8 saturated carbocycles. The summed E-state index contributed by atoms with van der Waals surface area (Å²) in [6.07, 6.45) is 13.5. The first kappa shape index (κ1) is 49.9. The van der Waals surface area contributed by atoms with E-state index in [2.05, 4.69) is 143 Å². The molecule has 0 spiro atoms. The maximum atomic E-state index is 13.6. The molecular weight excluding hydrogens is 908 g/mol. The number of carbonyl (C=O) groups is 4. The van der Waals surface area contributed by atoms with Crippen molar-refractivity contribution in [3.05, 3.63) is 92.2 Å². The van der Waals surface area contributed by atoms with E-state index >= 15 is 0 Å². The Labute approximate surface area is 420 Å². The molecule has 2 heterocycles. The number of amides is 4. The number of rotatable bonds is 10. The van der Waals surface area contributed by atoms with E-state index in [-0.39, 0.29) is 68.0 Å². The molecule has 2 aliphatic heterocycles. The molecule has 3 N–H and O–H groups in total. The van der Waals surface area contributed by atoms with Crippen molar-refractivity contribution in [3.8, 4) is 0 Å². The summed E-state index contributed by atoms with van der Waals surface area (Å²) < 4.78 is 5.01. The lowest BCUT2D eigenvalue weighted by Gasteiger charge is -2.71.